The predicted octanol–water partition coefficient (Wildman–Crippen LogP) is 4.40. The van der Waals surface area contributed by atoms with E-state index in [9.17, 15) is 27.4 Å². The number of hydrogen-bond donors (Lipinski definition) is 3. The van der Waals surface area contributed by atoms with Crippen molar-refractivity contribution in [1.29, 1.82) is 0 Å². The molecule has 2 amide bonds. The molecule has 0 fully saturated rings. The van der Waals surface area contributed by atoms with Crippen LogP contribution < -0.4 is 15.8 Å². The number of furan rings is 1. The molecule has 38 heavy (non-hydrogen) atoms. The van der Waals surface area contributed by atoms with Gasteiger partial charge in [-0.3, -0.25) is 18.9 Å². The average Bonchev–Trinajstić information content (AvgIpc) is 3.19. The molecule has 4 N–H and O–H groups in total. The fraction of sp³-hybridized carbons (Fsp3) is 0.111. The highest BCUT2D eigenvalue weighted by Gasteiger charge is 2.24. The van der Waals surface area contributed by atoms with Crippen LogP contribution in [0.2, 0.25) is 0 Å². The number of fused-ring (bicyclic) bond motifs is 1. The fourth-order valence-corrected chi connectivity index (χ4v) is 4.98. The van der Waals surface area contributed by atoms with Gasteiger partial charge in [0.05, 0.1) is 28.5 Å². The topological polar surface area (TPSA) is 166 Å². The summed E-state index contributed by atoms with van der Waals surface area (Å²) in [5, 5.41) is 3.26. The zero-order valence-electron chi connectivity index (χ0n) is 20.6. The molecule has 10 nitrogen and oxygen atoms in total. The molecule has 1 radical (unpaired) electrons. The summed E-state index contributed by atoms with van der Waals surface area (Å²) in [6.45, 7) is 6.71. The normalized spacial score (nSPS) is 11.4. The Hall–Kier alpha value is -4.48. The summed E-state index contributed by atoms with van der Waals surface area (Å²) in [5.74, 6) is -1.27. The monoisotopic (exact) mass is 535 g/mol. The largest absolute Gasteiger partial charge is 0.495 e. The van der Waals surface area contributed by atoms with E-state index >= 15 is 0 Å². The summed E-state index contributed by atoms with van der Waals surface area (Å²) in [7, 11) is -3.17. The van der Waals surface area contributed by atoms with Crippen LogP contribution >= 0.6 is 0 Å². The van der Waals surface area contributed by atoms with Crippen LogP contribution in [0.25, 0.3) is 22.1 Å². The molecule has 0 unspecified atom stereocenters. The van der Waals surface area contributed by atoms with Crippen LogP contribution in [-0.2, 0) is 10.1 Å². The van der Waals surface area contributed by atoms with E-state index in [1.165, 1.54) is 20.1 Å². The Labute approximate surface area is 218 Å². The molecular weight excluding hydrogens is 512 g/mol. The number of ether oxygens (including phenoxy) is 1. The van der Waals surface area contributed by atoms with Crippen molar-refractivity contribution >= 4 is 44.4 Å². The first kappa shape index (κ1) is 26.6. The third kappa shape index (κ3) is 4.64. The summed E-state index contributed by atoms with van der Waals surface area (Å²) >= 11 is 0. The summed E-state index contributed by atoms with van der Waals surface area (Å²) in [5.41, 5.74) is 7.54. The molecule has 0 atom stereocenters. The van der Waals surface area contributed by atoms with Crippen molar-refractivity contribution in [3.63, 3.8) is 0 Å². The lowest BCUT2D eigenvalue weighted by Gasteiger charge is -2.13. The third-order valence-electron chi connectivity index (χ3n) is 6.08. The number of Topliss-reactive ketones (excluding diaryl/α,β-unsaturated/α-hetero) is 1. The molecule has 4 aromatic rings. The van der Waals surface area contributed by atoms with Gasteiger partial charge in [0.2, 0.25) is 5.91 Å². The van der Waals surface area contributed by atoms with Crippen LogP contribution in [-0.4, -0.2) is 37.7 Å². The number of amides is 2. The molecule has 3 aromatic carbocycles. The van der Waals surface area contributed by atoms with E-state index in [1.54, 1.807) is 43.3 Å². The first-order chi connectivity index (χ1) is 17.8. The van der Waals surface area contributed by atoms with Gasteiger partial charge in [0, 0.05) is 11.3 Å². The zero-order chi connectivity index (χ0) is 27.9. The quantitative estimate of drug-likeness (QED) is 0.231. The number of nitrogens with one attached hydrogen (secondary N) is 1. The number of carbonyl (C=O) groups is 3. The lowest BCUT2D eigenvalue weighted by atomic mass is 9.95. The van der Waals surface area contributed by atoms with Gasteiger partial charge in [-0.05, 0) is 67.8 Å². The number of rotatable bonds is 7. The van der Waals surface area contributed by atoms with Gasteiger partial charge in [-0.1, -0.05) is 18.2 Å². The van der Waals surface area contributed by atoms with Gasteiger partial charge < -0.3 is 20.2 Å². The minimum absolute atomic E-state index is 0.0431. The molecule has 1 heterocycles. The second-order valence-corrected chi connectivity index (χ2v) is 9.86. The van der Waals surface area contributed by atoms with Crippen LogP contribution in [0.1, 0.15) is 49.3 Å². The second-order valence-electron chi connectivity index (χ2n) is 8.47. The number of aryl methyl sites for hydroxylation is 1. The maximum atomic E-state index is 13.0. The molecule has 0 aliphatic rings. The van der Waals surface area contributed by atoms with E-state index in [2.05, 4.69) is 12.2 Å². The molecule has 11 heteroatoms. The average molecular weight is 536 g/mol. The van der Waals surface area contributed by atoms with Crippen molar-refractivity contribution in [2.24, 2.45) is 5.73 Å². The Morgan fingerprint density at radius 3 is 2.26 bits per heavy atom. The Kier molecular flexibility index (Phi) is 6.83. The minimum atomic E-state index is -4.61. The molecule has 0 saturated heterocycles. The zero-order valence-corrected chi connectivity index (χ0v) is 21.4. The number of ketones is 1. The Balaban J connectivity index is 1.67. The highest BCUT2D eigenvalue weighted by atomic mass is 32.2. The predicted molar refractivity (Wildman–Crippen MR) is 140 cm³/mol. The maximum absolute atomic E-state index is 13.0. The summed E-state index contributed by atoms with van der Waals surface area (Å²) in [6.07, 6.45) is 0. The van der Waals surface area contributed by atoms with Crippen LogP contribution in [0.4, 0.5) is 5.69 Å². The van der Waals surface area contributed by atoms with Crippen LogP contribution in [0.15, 0.2) is 57.8 Å². The summed E-state index contributed by atoms with van der Waals surface area (Å²) in [4.78, 5) is 36.6. The van der Waals surface area contributed by atoms with Gasteiger partial charge in [-0.25, -0.2) is 0 Å². The first-order valence-electron chi connectivity index (χ1n) is 11.1. The van der Waals surface area contributed by atoms with Gasteiger partial charge in [0.15, 0.2) is 11.5 Å². The third-order valence-corrected chi connectivity index (χ3v) is 7.02. The van der Waals surface area contributed by atoms with Crippen molar-refractivity contribution in [2.75, 3.05) is 12.4 Å². The molecular formula is C27H23N2O8S. The first-order valence-corrected chi connectivity index (χ1v) is 12.6. The second kappa shape index (κ2) is 9.77. The van der Waals surface area contributed by atoms with E-state index in [1.807, 2.05) is 0 Å². The van der Waals surface area contributed by atoms with Gasteiger partial charge in [0.25, 0.3) is 16.0 Å². The molecule has 0 saturated carbocycles. The van der Waals surface area contributed by atoms with Crippen molar-refractivity contribution in [3.05, 3.63) is 83.5 Å². The van der Waals surface area contributed by atoms with Crippen LogP contribution in [0, 0.1) is 13.8 Å². The fourth-order valence-electron chi connectivity index (χ4n) is 4.32. The molecule has 1 aromatic heterocycles. The van der Waals surface area contributed by atoms with Gasteiger partial charge in [0.1, 0.15) is 11.3 Å². The highest BCUT2D eigenvalue weighted by molar-refractivity contribution is 7.85. The molecule has 4 rings (SSSR count). The number of primary amides is 1. The standard InChI is InChI=1S/C27H23N2O8S/c1-13-21(38(33,34)35)12-10-19(22(13)26(28)31)16-5-7-17(8-6-16)29-27(32)24-14(2)23-20(37-24)11-9-18(15(3)30)25(23)36-4/h5-12H,1H2,2-4H3,(H2,28,31)(H,29,32)(H,33,34,35). The molecule has 0 spiro atoms. The van der Waals surface area contributed by atoms with E-state index in [0.717, 1.165) is 6.07 Å². The highest BCUT2D eigenvalue weighted by Crippen LogP contribution is 2.37. The van der Waals surface area contributed by atoms with Crippen LogP contribution in [0.3, 0.4) is 0 Å². The van der Waals surface area contributed by atoms with Gasteiger partial charge in [-0.2, -0.15) is 8.42 Å². The summed E-state index contributed by atoms with van der Waals surface area (Å²) < 4.78 is 43.8. The Morgan fingerprint density at radius 2 is 1.71 bits per heavy atom. The van der Waals surface area contributed by atoms with Gasteiger partial charge in [-0.15, -0.1) is 0 Å². The number of anilines is 1. The number of nitrogens with two attached hydrogens (primary N) is 1. The van der Waals surface area contributed by atoms with E-state index < -0.39 is 26.8 Å². The van der Waals surface area contributed by atoms with Crippen LogP contribution in [0.5, 0.6) is 5.75 Å². The Bertz CT molecular complexity index is 1740. The SMILES string of the molecule is [CH2]c1c(S(=O)(=O)O)ccc(-c2ccc(NC(=O)c3oc4ccc(C(C)=O)c(OC)c4c3C)cc2)c1C(N)=O. The number of hydrogen-bond acceptors (Lipinski definition) is 7. The minimum Gasteiger partial charge on any atom is -0.495 e. The van der Waals surface area contributed by atoms with Gasteiger partial charge >= 0.3 is 0 Å². The van der Waals surface area contributed by atoms with E-state index in [-0.39, 0.29) is 22.7 Å². The number of benzene rings is 3. The molecule has 195 valence electrons. The summed E-state index contributed by atoms with van der Waals surface area (Å²) in [6, 6.07) is 12.0. The number of carbonyl (C=O) groups excluding carboxylic acids is 3. The lowest BCUT2D eigenvalue weighted by molar-refractivity contribution is 0.0991. The lowest BCUT2D eigenvalue weighted by Crippen LogP contribution is -2.16. The van der Waals surface area contributed by atoms with Crippen molar-refractivity contribution < 1.29 is 36.5 Å². The van der Waals surface area contributed by atoms with E-state index in [4.69, 9.17) is 14.9 Å². The number of methoxy groups -OCH3 is 1. The molecule has 0 aliphatic carbocycles. The Morgan fingerprint density at radius 1 is 1.05 bits per heavy atom. The molecule has 0 bridgehead atoms. The van der Waals surface area contributed by atoms with E-state index in [0.29, 0.717) is 44.7 Å². The smallest absolute Gasteiger partial charge is 0.294 e. The maximum Gasteiger partial charge on any atom is 0.294 e. The van der Waals surface area contributed by atoms with Crippen molar-refractivity contribution in [1.82, 2.24) is 0 Å². The molecule has 0 aliphatic heterocycles. The van der Waals surface area contributed by atoms with Crippen molar-refractivity contribution in [3.8, 4) is 16.9 Å². The van der Waals surface area contributed by atoms with Crippen molar-refractivity contribution in [2.45, 2.75) is 18.7 Å².